The number of amides is 1. The van der Waals surface area contributed by atoms with E-state index < -0.39 is 51.3 Å². The molecule has 14 heteroatoms. The monoisotopic (exact) mass is 596 g/mol. The Balaban J connectivity index is 1.76. The topological polar surface area (TPSA) is 86.7 Å². The second kappa shape index (κ2) is 10.8. The summed E-state index contributed by atoms with van der Waals surface area (Å²) >= 11 is 0. The van der Waals surface area contributed by atoms with E-state index in [0.717, 1.165) is 66.7 Å². The first-order valence-corrected chi connectivity index (χ1v) is 14.1. The van der Waals surface area contributed by atoms with Gasteiger partial charge in [-0.25, -0.2) is 12.8 Å². The largest absolute Gasteiger partial charge is 0.430 e. The lowest BCUT2D eigenvalue weighted by Gasteiger charge is -2.39. The summed E-state index contributed by atoms with van der Waals surface area (Å²) in [5.74, 6) is -1.18. The first-order chi connectivity index (χ1) is 18.6. The van der Waals surface area contributed by atoms with E-state index in [1.54, 1.807) is 0 Å². The van der Waals surface area contributed by atoms with Crippen molar-refractivity contribution in [3.63, 3.8) is 0 Å². The quantitative estimate of drug-likeness (QED) is 0.432. The van der Waals surface area contributed by atoms with E-state index in [2.05, 4.69) is 5.32 Å². The lowest BCUT2D eigenvalue weighted by molar-refractivity contribution is -0.376. The molecule has 1 atom stereocenters. The number of benzene rings is 2. The SMILES string of the molecule is O=C(C[C@@H]1CCc2cc(C(O)(C(F)(F)F)C(F)(F)F)ccc2N1S(=O)(=O)c1ccc(F)cc1)NC1CCCCC1. The van der Waals surface area contributed by atoms with Crippen LogP contribution >= 0.6 is 0 Å². The van der Waals surface area contributed by atoms with E-state index in [1.165, 1.54) is 0 Å². The third-order valence-corrected chi connectivity index (χ3v) is 9.28. The van der Waals surface area contributed by atoms with Crippen molar-refractivity contribution in [1.29, 1.82) is 0 Å². The average molecular weight is 597 g/mol. The third-order valence-electron chi connectivity index (χ3n) is 7.40. The van der Waals surface area contributed by atoms with Crippen molar-refractivity contribution in [3.8, 4) is 0 Å². The standard InChI is InChI=1S/C26H27F7N2O4S/c27-18-8-11-21(12-9-18)40(38,39)35-20(15-23(36)34-19-4-2-1-3-5-19)10-6-16-14-17(7-13-22(16)35)24(37,25(28,29)30)26(31,32)33/h7-9,11-14,19-20,37H,1-6,10,15H2,(H,34,36)/t20-/m0/s1. The molecule has 0 radical (unpaired) electrons. The minimum atomic E-state index is -6.12. The highest BCUT2D eigenvalue weighted by Crippen LogP contribution is 2.51. The van der Waals surface area contributed by atoms with Gasteiger partial charge in [-0.05, 0) is 61.6 Å². The number of sulfonamides is 1. The number of halogens is 7. The molecule has 220 valence electrons. The molecular formula is C26H27F7N2O4S. The molecular weight excluding hydrogens is 569 g/mol. The zero-order chi connectivity index (χ0) is 29.5. The summed E-state index contributed by atoms with van der Waals surface area (Å²) in [6.45, 7) is 0. The fourth-order valence-corrected chi connectivity index (χ4v) is 7.04. The molecule has 0 saturated heterocycles. The maximum absolute atomic E-state index is 13.7. The molecule has 1 aliphatic carbocycles. The molecule has 6 nitrogen and oxygen atoms in total. The van der Waals surface area contributed by atoms with Crippen molar-refractivity contribution in [1.82, 2.24) is 5.32 Å². The second-order valence-electron chi connectivity index (χ2n) is 10.1. The summed E-state index contributed by atoms with van der Waals surface area (Å²) in [4.78, 5) is 12.5. The highest BCUT2D eigenvalue weighted by atomic mass is 32.2. The van der Waals surface area contributed by atoms with E-state index >= 15 is 0 Å². The molecule has 2 N–H and O–H groups in total. The number of hydrogen-bond acceptors (Lipinski definition) is 4. The molecule has 2 aromatic rings. The molecule has 1 heterocycles. The predicted octanol–water partition coefficient (Wildman–Crippen LogP) is 5.49. The smallest absolute Gasteiger partial charge is 0.369 e. The highest BCUT2D eigenvalue weighted by molar-refractivity contribution is 7.92. The van der Waals surface area contributed by atoms with Crippen LogP contribution < -0.4 is 9.62 Å². The van der Waals surface area contributed by atoms with Crippen LogP contribution in [0.2, 0.25) is 0 Å². The second-order valence-corrected chi connectivity index (χ2v) is 11.9. The van der Waals surface area contributed by atoms with Crippen molar-refractivity contribution < 1.29 is 49.1 Å². The molecule has 1 saturated carbocycles. The molecule has 0 spiro atoms. The van der Waals surface area contributed by atoms with Gasteiger partial charge in [0.25, 0.3) is 15.6 Å². The minimum absolute atomic E-state index is 0.0794. The van der Waals surface area contributed by atoms with Crippen molar-refractivity contribution in [2.24, 2.45) is 0 Å². The Morgan fingerprint density at radius 1 is 0.925 bits per heavy atom. The summed E-state index contributed by atoms with van der Waals surface area (Å²) in [5.41, 5.74) is -7.13. The summed E-state index contributed by atoms with van der Waals surface area (Å²) < 4.78 is 123. The maximum Gasteiger partial charge on any atom is 0.430 e. The van der Waals surface area contributed by atoms with Gasteiger partial charge in [0.2, 0.25) is 5.91 Å². The highest BCUT2D eigenvalue weighted by Gasteiger charge is 2.71. The van der Waals surface area contributed by atoms with Gasteiger partial charge >= 0.3 is 12.4 Å². The van der Waals surface area contributed by atoms with Gasteiger partial charge in [0.1, 0.15) is 5.82 Å². The minimum Gasteiger partial charge on any atom is -0.369 e. The third kappa shape index (κ3) is 5.65. The number of aryl methyl sites for hydroxylation is 1. The number of rotatable bonds is 6. The summed E-state index contributed by atoms with van der Waals surface area (Å²) in [6, 6.07) is 4.23. The van der Waals surface area contributed by atoms with Crippen LogP contribution in [0.3, 0.4) is 0 Å². The van der Waals surface area contributed by atoms with Crippen molar-refractivity contribution in [2.45, 2.75) is 86.3 Å². The summed E-state index contributed by atoms with van der Waals surface area (Å²) in [6.07, 6.45) is -8.39. The Labute approximate surface area is 226 Å². The lowest BCUT2D eigenvalue weighted by Crippen LogP contribution is -2.54. The molecule has 1 fully saturated rings. The van der Waals surface area contributed by atoms with Gasteiger partial charge in [0, 0.05) is 18.0 Å². The first-order valence-electron chi connectivity index (χ1n) is 12.6. The van der Waals surface area contributed by atoms with Gasteiger partial charge in [0.05, 0.1) is 16.6 Å². The van der Waals surface area contributed by atoms with Crippen molar-refractivity contribution >= 4 is 21.6 Å². The van der Waals surface area contributed by atoms with Gasteiger partial charge < -0.3 is 10.4 Å². The predicted molar refractivity (Wildman–Crippen MR) is 130 cm³/mol. The van der Waals surface area contributed by atoms with Gasteiger partial charge in [-0.15, -0.1) is 0 Å². The molecule has 1 amide bonds. The number of carbonyl (C=O) groups excluding carboxylic acids is 1. The van der Waals surface area contributed by atoms with E-state index in [-0.39, 0.29) is 41.5 Å². The van der Waals surface area contributed by atoms with E-state index in [4.69, 9.17) is 0 Å². The number of alkyl halides is 6. The van der Waals surface area contributed by atoms with Crippen molar-refractivity contribution in [3.05, 3.63) is 59.4 Å². The number of aliphatic hydroxyl groups is 1. The molecule has 1 aliphatic heterocycles. The Hall–Kier alpha value is -2.87. The number of hydrogen-bond donors (Lipinski definition) is 2. The van der Waals surface area contributed by atoms with Gasteiger partial charge in [-0.2, -0.15) is 26.3 Å². The molecule has 0 unspecified atom stereocenters. The number of nitrogens with zero attached hydrogens (tertiary/aromatic N) is 1. The van der Waals surface area contributed by atoms with Crippen LogP contribution in [0.1, 0.15) is 56.1 Å². The van der Waals surface area contributed by atoms with Gasteiger partial charge in [-0.1, -0.05) is 31.4 Å². The average Bonchev–Trinajstić information content (AvgIpc) is 2.87. The van der Waals surface area contributed by atoms with Crippen LogP contribution in [0.4, 0.5) is 36.4 Å². The van der Waals surface area contributed by atoms with Crippen LogP contribution in [0.5, 0.6) is 0 Å². The van der Waals surface area contributed by atoms with Crippen LogP contribution in [-0.2, 0) is 26.8 Å². The first kappa shape index (κ1) is 30.1. The summed E-state index contributed by atoms with van der Waals surface area (Å²) in [5, 5.41) is 12.7. The molecule has 4 rings (SSSR count). The molecule has 40 heavy (non-hydrogen) atoms. The zero-order valence-electron chi connectivity index (χ0n) is 21.0. The maximum atomic E-state index is 13.7. The molecule has 0 aromatic heterocycles. The summed E-state index contributed by atoms with van der Waals surface area (Å²) in [7, 11) is -4.55. The number of nitrogens with one attached hydrogen (secondary N) is 1. The Morgan fingerprint density at radius 3 is 2.10 bits per heavy atom. The fourth-order valence-electron chi connectivity index (χ4n) is 5.33. The van der Waals surface area contributed by atoms with Gasteiger partial charge in [0.15, 0.2) is 0 Å². The Bertz CT molecular complexity index is 1320. The Morgan fingerprint density at radius 2 is 1.52 bits per heavy atom. The van der Waals surface area contributed by atoms with Crippen LogP contribution in [-0.4, -0.2) is 43.9 Å². The molecule has 2 aromatic carbocycles. The normalized spacial score (nSPS) is 19.3. The van der Waals surface area contributed by atoms with E-state index in [1.807, 2.05) is 0 Å². The molecule has 0 bridgehead atoms. The number of anilines is 1. The lowest BCUT2D eigenvalue weighted by atomic mass is 9.87. The van der Waals surface area contributed by atoms with Crippen LogP contribution in [0.25, 0.3) is 0 Å². The van der Waals surface area contributed by atoms with Crippen molar-refractivity contribution in [2.75, 3.05) is 4.31 Å². The Kier molecular flexibility index (Phi) is 8.16. The van der Waals surface area contributed by atoms with Crippen LogP contribution in [0, 0.1) is 5.82 Å². The molecule has 2 aliphatic rings. The number of carbonyl (C=O) groups is 1. The van der Waals surface area contributed by atoms with E-state index in [9.17, 15) is 49.1 Å². The fraction of sp³-hybridized carbons (Fsp3) is 0.500. The van der Waals surface area contributed by atoms with E-state index in [0.29, 0.717) is 12.1 Å². The van der Waals surface area contributed by atoms with Crippen LogP contribution in [0.15, 0.2) is 47.4 Å². The van der Waals surface area contributed by atoms with Gasteiger partial charge in [-0.3, -0.25) is 9.10 Å². The number of fused-ring (bicyclic) bond motifs is 1. The zero-order valence-corrected chi connectivity index (χ0v) is 21.8.